The minimum absolute atomic E-state index is 0.213. The van der Waals surface area contributed by atoms with Gasteiger partial charge in [0.25, 0.3) is 0 Å². The molecule has 1 N–H and O–H groups in total. The van der Waals surface area contributed by atoms with Gasteiger partial charge in [-0.25, -0.2) is 0 Å². The highest BCUT2D eigenvalue weighted by atomic mass is 15.1. The Hall–Kier alpha value is -0.0800. The van der Waals surface area contributed by atoms with Crippen LogP contribution in [0.4, 0.5) is 0 Å². The Kier molecular flexibility index (Phi) is 7.46. The molecule has 0 aromatic heterocycles. The van der Waals surface area contributed by atoms with Crippen molar-refractivity contribution < 1.29 is 0 Å². The number of hydrogen-bond donors (Lipinski definition) is 1. The number of hydrogen-bond acceptors (Lipinski definition) is 2. The molecule has 0 aliphatic heterocycles. The molecule has 2 nitrogen and oxygen atoms in total. The van der Waals surface area contributed by atoms with Gasteiger partial charge in [-0.1, -0.05) is 41.0 Å². The van der Waals surface area contributed by atoms with Crippen molar-refractivity contribution in [3.63, 3.8) is 0 Å². The first-order valence-electron chi connectivity index (χ1n) is 7.57. The molecule has 0 aromatic carbocycles. The zero-order valence-corrected chi connectivity index (χ0v) is 14.1. The highest BCUT2D eigenvalue weighted by molar-refractivity contribution is 4.81. The van der Waals surface area contributed by atoms with E-state index < -0.39 is 0 Å². The Bertz CT molecular complexity index is 216. The van der Waals surface area contributed by atoms with Gasteiger partial charge in [-0.05, 0) is 38.6 Å². The van der Waals surface area contributed by atoms with Gasteiger partial charge >= 0.3 is 0 Å². The molecule has 0 saturated carbocycles. The zero-order chi connectivity index (χ0) is 14.4. The second-order valence-corrected chi connectivity index (χ2v) is 7.61. The van der Waals surface area contributed by atoms with E-state index in [1.54, 1.807) is 0 Å². The second-order valence-electron chi connectivity index (χ2n) is 7.61. The lowest BCUT2D eigenvalue weighted by Crippen LogP contribution is -2.46. The zero-order valence-electron chi connectivity index (χ0n) is 14.1. The van der Waals surface area contributed by atoms with Gasteiger partial charge in [0, 0.05) is 25.2 Å². The van der Waals surface area contributed by atoms with Gasteiger partial charge in [0.2, 0.25) is 0 Å². The lowest BCUT2D eigenvalue weighted by Gasteiger charge is -2.36. The van der Waals surface area contributed by atoms with Crippen LogP contribution in [0.5, 0.6) is 0 Å². The maximum atomic E-state index is 3.63. The predicted molar refractivity (Wildman–Crippen MR) is 83.1 cm³/mol. The van der Waals surface area contributed by atoms with Gasteiger partial charge in [-0.2, -0.15) is 0 Å². The van der Waals surface area contributed by atoms with Crippen LogP contribution in [0.3, 0.4) is 0 Å². The Morgan fingerprint density at radius 1 is 1.06 bits per heavy atom. The molecule has 0 aliphatic carbocycles. The van der Waals surface area contributed by atoms with Crippen molar-refractivity contribution in [2.24, 2.45) is 11.3 Å². The fourth-order valence-electron chi connectivity index (χ4n) is 2.04. The van der Waals surface area contributed by atoms with E-state index in [4.69, 9.17) is 0 Å². The number of rotatable bonds is 8. The van der Waals surface area contributed by atoms with Gasteiger partial charge in [0.05, 0.1) is 0 Å². The first kappa shape index (κ1) is 17.9. The molecular weight excluding hydrogens is 220 g/mol. The Labute approximate surface area is 116 Å². The van der Waals surface area contributed by atoms with Gasteiger partial charge in [0.1, 0.15) is 0 Å². The Balaban J connectivity index is 4.25. The highest BCUT2D eigenvalue weighted by Crippen LogP contribution is 2.18. The third kappa shape index (κ3) is 8.93. The maximum Gasteiger partial charge on any atom is 0.00967 e. The summed E-state index contributed by atoms with van der Waals surface area (Å²) >= 11 is 0. The molecule has 0 radical (unpaired) electrons. The summed E-state index contributed by atoms with van der Waals surface area (Å²) in [5.41, 5.74) is 0.543. The molecule has 0 heterocycles. The van der Waals surface area contributed by atoms with Crippen LogP contribution >= 0.6 is 0 Å². The summed E-state index contributed by atoms with van der Waals surface area (Å²) in [6, 6.07) is 0. The second kappa shape index (κ2) is 7.49. The average molecular weight is 256 g/mol. The molecule has 0 saturated heterocycles. The van der Waals surface area contributed by atoms with Gasteiger partial charge < -0.3 is 10.2 Å². The van der Waals surface area contributed by atoms with E-state index in [0.29, 0.717) is 5.41 Å². The molecule has 1 atom stereocenters. The third-order valence-electron chi connectivity index (χ3n) is 3.46. The van der Waals surface area contributed by atoms with Gasteiger partial charge in [0.15, 0.2) is 0 Å². The largest absolute Gasteiger partial charge is 0.311 e. The van der Waals surface area contributed by atoms with Crippen molar-refractivity contribution in [1.82, 2.24) is 10.2 Å². The quantitative estimate of drug-likeness (QED) is 0.711. The monoisotopic (exact) mass is 256 g/mol. The minimum Gasteiger partial charge on any atom is -0.311 e. The van der Waals surface area contributed by atoms with Crippen LogP contribution in [0.1, 0.15) is 61.8 Å². The third-order valence-corrected chi connectivity index (χ3v) is 3.46. The Morgan fingerprint density at radius 2 is 1.61 bits per heavy atom. The van der Waals surface area contributed by atoms with Crippen LogP contribution in [0.25, 0.3) is 0 Å². The van der Waals surface area contributed by atoms with Crippen LogP contribution in [-0.2, 0) is 0 Å². The fraction of sp³-hybridized carbons (Fsp3) is 1.00. The predicted octanol–water partition coefficient (Wildman–Crippen LogP) is 3.77. The molecule has 0 aromatic rings. The first-order chi connectivity index (χ1) is 8.09. The standard InChI is InChI=1S/C16H36N2/c1-9-14(3)11-18(10-2)13-16(7,8)12-17-15(4,5)6/h14,17H,9-13H2,1-8H3. The summed E-state index contributed by atoms with van der Waals surface area (Å²) < 4.78 is 0. The number of nitrogens with one attached hydrogen (secondary N) is 1. The molecule has 0 fully saturated rings. The summed E-state index contributed by atoms with van der Waals surface area (Å²) in [6.45, 7) is 23.0. The molecule has 18 heavy (non-hydrogen) atoms. The summed E-state index contributed by atoms with van der Waals surface area (Å²) in [5.74, 6) is 0.802. The smallest absolute Gasteiger partial charge is 0.00967 e. The Morgan fingerprint density at radius 3 is 2.00 bits per heavy atom. The van der Waals surface area contributed by atoms with Crippen LogP contribution in [0, 0.1) is 11.3 Å². The van der Waals surface area contributed by atoms with E-state index in [9.17, 15) is 0 Å². The molecule has 0 spiro atoms. The summed E-state index contributed by atoms with van der Waals surface area (Å²) in [4.78, 5) is 2.60. The summed E-state index contributed by atoms with van der Waals surface area (Å²) in [5, 5.41) is 3.63. The highest BCUT2D eigenvalue weighted by Gasteiger charge is 2.23. The van der Waals surface area contributed by atoms with E-state index in [1.807, 2.05) is 0 Å². The summed E-state index contributed by atoms with van der Waals surface area (Å²) in [6.07, 6.45) is 1.27. The lowest BCUT2D eigenvalue weighted by atomic mass is 9.90. The molecule has 0 aliphatic rings. The van der Waals surface area contributed by atoms with Crippen molar-refractivity contribution in [3.05, 3.63) is 0 Å². The fourth-order valence-corrected chi connectivity index (χ4v) is 2.04. The molecule has 0 rings (SSSR count). The molecule has 0 bridgehead atoms. The molecular formula is C16H36N2. The van der Waals surface area contributed by atoms with Crippen molar-refractivity contribution in [1.29, 1.82) is 0 Å². The maximum absolute atomic E-state index is 3.63. The van der Waals surface area contributed by atoms with Crippen molar-refractivity contribution >= 4 is 0 Å². The van der Waals surface area contributed by atoms with E-state index >= 15 is 0 Å². The molecule has 1 unspecified atom stereocenters. The molecule has 0 amide bonds. The molecule has 2 heteroatoms. The minimum atomic E-state index is 0.213. The normalized spacial score (nSPS) is 15.2. The summed E-state index contributed by atoms with van der Waals surface area (Å²) in [7, 11) is 0. The lowest BCUT2D eigenvalue weighted by molar-refractivity contribution is 0.154. The van der Waals surface area contributed by atoms with Crippen LogP contribution in [0.15, 0.2) is 0 Å². The van der Waals surface area contributed by atoms with Crippen LogP contribution in [-0.4, -0.2) is 36.6 Å². The number of nitrogens with zero attached hydrogens (tertiary/aromatic N) is 1. The van der Waals surface area contributed by atoms with Crippen LogP contribution in [0.2, 0.25) is 0 Å². The SMILES string of the molecule is CCC(C)CN(CC)CC(C)(C)CNC(C)(C)C. The van der Waals surface area contributed by atoms with E-state index in [0.717, 1.165) is 19.0 Å². The van der Waals surface area contributed by atoms with E-state index in [-0.39, 0.29) is 5.54 Å². The van der Waals surface area contributed by atoms with Crippen molar-refractivity contribution in [2.45, 2.75) is 67.3 Å². The van der Waals surface area contributed by atoms with E-state index in [1.165, 1.54) is 19.5 Å². The van der Waals surface area contributed by atoms with Crippen molar-refractivity contribution in [3.8, 4) is 0 Å². The molecule has 110 valence electrons. The van der Waals surface area contributed by atoms with Gasteiger partial charge in [-0.3, -0.25) is 0 Å². The topological polar surface area (TPSA) is 15.3 Å². The van der Waals surface area contributed by atoms with Gasteiger partial charge in [-0.15, -0.1) is 0 Å². The van der Waals surface area contributed by atoms with E-state index in [2.05, 4.69) is 65.6 Å². The average Bonchev–Trinajstić information content (AvgIpc) is 2.24. The van der Waals surface area contributed by atoms with Crippen LogP contribution < -0.4 is 5.32 Å². The first-order valence-corrected chi connectivity index (χ1v) is 7.57. The van der Waals surface area contributed by atoms with Crippen molar-refractivity contribution in [2.75, 3.05) is 26.2 Å².